The van der Waals surface area contributed by atoms with E-state index in [4.69, 9.17) is 5.11 Å². The molecule has 4 nitrogen and oxygen atoms in total. The summed E-state index contributed by atoms with van der Waals surface area (Å²) >= 11 is 5.06. The molecule has 1 fully saturated rings. The van der Waals surface area contributed by atoms with Gasteiger partial charge in [0, 0.05) is 15.8 Å². The molecule has 0 bridgehead atoms. The number of aliphatic hydroxyl groups is 1. The van der Waals surface area contributed by atoms with Gasteiger partial charge in [0.1, 0.15) is 0 Å². The molecular formula is C13H18BrNO3S2. The van der Waals surface area contributed by atoms with E-state index >= 15 is 0 Å². The van der Waals surface area contributed by atoms with E-state index in [-0.39, 0.29) is 17.5 Å². The van der Waals surface area contributed by atoms with E-state index in [0.29, 0.717) is 15.3 Å². The van der Waals surface area contributed by atoms with E-state index in [0.717, 1.165) is 19.3 Å². The Morgan fingerprint density at radius 3 is 2.75 bits per heavy atom. The quantitative estimate of drug-likeness (QED) is 0.824. The highest BCUT2D eigenvalue weighted by molar-refractivity contribution is 9.10. The highest BCUT2D eigenvalue weighted by Crippen LogP contribution is 2.30. The summed E-state index contributed by atoms with van der Waals surface area (Å²) in [4.78, 5) is 0.224. The van der Waals surface area contributed by atoms with Gasteiger partial charge in [-0.15, -0.1) is 0 Å². The zero-order chi connectivity index (χ0) is 14.8. The van der Waals surface area contributed by atoms with Crippen LogP contribution in [-0.2, 0) is 16.6 Å². The second-order valence-electron chi connectivity index (χ2n) is 4.91. The second kappa shape index (κ2) is 6.79. The van der Waals surface area contributed by atoms with Gasteiger partial charge in [-0.1, -0.05) is 6.07 Å². The van der Waals surface area contributed by atoms with Gasteiger partial charge in [-0.05, 0) is 59.1 Å². The van der Waals surface area contributed by atoms with Gasteiger partial charge < -0.3 is 5.11 Å². The topological polar surface area (TPSA) is 66.4 Å². The van der Waals surface area contributed by atoms with Gasteiger partial charge in [0.2, 0.25) is 10.0 Å². The van der Waals surface area contributed by atoms with Crippen LogP contribution in [-0.4, -0.2) is 31.1 Å². The molecule has 1 aliphatic carbocycles. The number of thioether (sulfide) groups is 1. The third-order valence-corrected chi connectivity index (χ3v) is 7.10. The molecule has 112 valence electrons. The molecule has 0 heterocycles. The molecule has 1 saturated carbocycles. The van der Waals surface area contributed by atoms with Crippen molar-refractivity contribution in [2.45, 2.75) is 42.1 Å². The summed E-state index contributed by atoms with van der Waals surface area (Å²) in [5.74, 6) is 0. The number of benzene rings is 1. The van der Waals surface area contributed by atoms with Crippen LogP contribution >= 0.6 is 27.7 Å². The molecule has 2 atom stereocenters. The summed E-state index contributed by atoms with van der Waals surface area (Å²) in [7, 11) is -3.52. The average molecular weight is 380 g/mol. The number of sulfonamides is 1. The van der Waals surface area contributed by atoms with E-state index in [1.807, 2.05) is 0 Å². The zero-order valence-electron chi connectivity index (χ0n) is 11.2. The van der Waals surface area contributed by atoms with Crippen LogP contribution in [0.3, 0.4) is 0 Å². The minimum absolute atomic E-state index is 0.0156. The summed E-state index contributed by atoms with van der Waals surface area (Å²) in [5.41, 5.74) is 0.680. The van der Waals surface area contributed by atoms with Crippen molar-refractivity contribution >= 4 is 37.7 Å². The van der Waals surface area contributed by atoms with Crippen molar-refractivity contribution in [3.63, 3.8) is 0 Å². The lowest BCUT2D eigenvalue weighted by atomic mass is 10.2. The first kappa shape index (κ1) is 16.3. The van der Waals surface area contributed by atoms with Gasteiger partial charge in [0.25, 0.3) is 0 Å². The van der Waals surface area contributed by atoms with E-state index < -0.39 is 10.0 Å². The average Bonchev–Trinajstić information content (AvgIpc) is 2.85. The van der Waals surface area contributed by atoms with Crippen LogP contribution < -0.4 is 4.72 Å². The monoisotopic (exact) mass is 379 g/mol. The molecular weight excluding hydrogens is 362 g/mol. The number of hydrogen-bond donors (Lipinski definition) is 2. The molecule has 0 aliphatic heterocycles. The Hall–Kier alpha value is -0.0800. The molecule has 0 aromatic heterocycles. The predicted molar refractivity (Wildman–Crippen MR) is 85.3 cm³/mol. The smallest absolute Gasteiger partial charge is 0.241 e. The molecule has 7 heteroatoms. The Labute approximate surface area is 132 Å². The Morgan fingerprint density at radius 2 is 2.20 bits per heavy atom. The van der Waals surface area contributed by atoms with Gasteiger partial charge >= 0.3 is 0 Å². The van der Waals surface area contributed by atoms with Crippen LogP contribution in [0.1, 0.15) is 24.8 Å². The molecule has 2 rings (SSSR count). The largest absolute Gasteiger partial charge is 0.392 e. The molecule has 0 spiro atoms. The molecule has 20 heavy (non-hydrogen) atoms. The normalized spacial score (nSPS) is 23.1. The standard InChI is InChI=1S/C13H18BrNO3S2/c1-19-11-4-3-10(7-11)15-20(17,18)13-5-2-9(8-16)6-12(13)14/h2,5-6,10-11,15-16H,3-4,7-8H2,1H3. The number of nitrogens with one attached hydrogen (secondary N) is 1. The number of aliphatic hydroxyl groups excluding tert-OH is 1. The maximum atomic E-state index is 12.4. The SMILES string of the molecule is CSC1CCC(NS(=O)(=O)c2ccc(CO)cc2Br)C1. The fourth-order valence-corrected chi connectivity index (χ4v) is 5.61. The number of halogens is 1. The van der Waals surface area contributed by atoms with Crippen molar-refractivity contribution < 1.29 is 13.5 Å². The van der Waals surface area contributed by atoms with Gasteiger partial charge in [0.05, 0.1) is 11.5 Å². The summed E-state index contributed by atoms with van der Waals surface area (Å²) in [5, 5.41) is 9.60. The van der Waals surface area contributed by atoms with E-state index in [1.165, 1.54) is 6.07 Å². The van der Waals surface area contributed by atoms with Crippen molar-refractivity contribution in [1.29, 1.82) is 0 Å². The molecule has 2 unspecified atom stereocenters. The molecule has 0 radical (unpaired) electrons. The van der Waals surface area contributed by atoms with Crippen LogP contribution in [0.25, 0.3) is 0 Å². The van der Waals surface area contributed by atoms with Gasteiger partial charge in [-0.3, -0.25) is 0 Å². The first-order valence-corrected chi connectivity index (χ1v) is 9.97. The maximum Gasteiger partial charge on any atom is 0.241 e. The summed E-state index contributed by atoms with van der Waals surface area (Å²) in [6.07, 6.45) is 4.88. The Balaban J connectivity index is 2.14. The van der Waals surface area contributed by atoms with Gasteiger partial charge in [0.15, 0.2) is 0 Å². The Bertz CT molecular complexity index is 577. The molecule has 1 aromatic rings. The summed E-state index contributed by atoms with van der Waals surface area (Å²) in [6.45, 7) is -0.107. The van der Waals surface area contributed by atoms with Crippen molar-refractivity contribution in [2.24, 2.45) is 0 Å². The molecule has 1 aromatic carbocycles. The molecule has 0 saturated heterocycles. The van der Waals surface area contributed by atoms with Crippen molar-refractivity contribution in [3.05, 3.63) is 28.2 Å². The van der Waals surface area contributed by atoms with E-state index in [1.54, 1.807) is 23.9 Å². The summed E-state index contributed by atoms with van der Waals surface area (Å²) < 4.78 is 28.0. The minimum atomic E-state index is -3.52. The molecule has 1 aliphatic rings. The van der Waals surface area contributed by atoms with Crippen LogP contribution in [0, 0.1) is 0 Å². The Morgan fingerprint density at radius 1 is 1.45 bits per heavy atom. The Kier molecular flexibility index (Phi) is 5.53. The lowest BCUT2D eigenvalue weighted by Gasteiger charge is -2.14. The second-order valence-corrected chi connectivity index (χ2v) is 8.59. The van der Waals surface area contributed by atoms with Crippen molar-refractivity contribution in [3.8, 4) is 0 Å². The lowest BCUT2D eigenvalue weighted by Crippen LogP contribution is -2.33. The van der Waals surface area contributed by atoms with Crippen LogP contribution in [0.15, 0.2) is 27.6 Å². The number of rotatable bonds is 5. The number of hydrogen-bond acceptors (Lipinski definition) is 4. The van der Waals surface area contributed by atoms with E-state index in [9.17, 15) is 8.42 Å². The highest BCUT2D eigenvalue weighted by Gasteiger charge is 2.29. The van der Waals surface area contributed by atoms with Gasteiger partial charge in [-0.25, -0.2) is 13.1 Å². The van der Waals surface area contributed by atoms with Crippen molar-refractivity contribution in [2.75, 3.05) is 6.26 Å². The van der Waals surface area contributed by atoms with E-state index in [2.05, 4.69) is 26.9 Å². The molecule has 0 amide bonds. The fourth-order valence-electron chi connectivity index (χ4n) is 2.40. The first-order valence-electron chi connectivity index (χ1n) is 6.40. The van der Waals surface area contributed by atoms with Crippen LogP contribution in [0.5, 0.6) is 0 Å². The molecule has 2 N–H and O–H groups in total. The van der Waals surface area contributed by atoms with Gasteiger partial charge in [-0.2, -0.15) is 11.8 Å². The first-order chi connectivity index (χ1) is 9.46. The zero-order valence-corrected chi connectivity index (χ0v) is 14.4. The van der Waals surface area contributed by atoms with Crippen LogP contribution in [0.2, 0.25) is 0 Å². The van der Waals surface area contributed by atoms with Crippen molar-refractivity contribution in [1.82, 2.24) is 4.72 Å². The predicted octanol–water partition coefficient (Wildman–Crippen LogP) is 2.50. The third kappa shape index (κ3) is 3.76. The summed E-state index contributed by atoms with van der Waals surface area (Å²) in [6, 6.07) is 4.80. The fraction of sp³-hybridized carbons (Fsp3) is 0.538. The minimum Gasteiger partial charge on any atom is -0.392 e. The third-order valence-electron chi connectivity index (χ3n) is 3.51. The lowest BCUT2D eigenvalue weighted by molar-refractivity contribution is 0.281. The highest BCUT2D eigenvalue weighted by atomic mass is 79.9. The van der Waals surface area contributed by atoms with Crippen LogP contribution in [0.4, 0.5) is 0 Å². The maximum absolute atomic E-state index is 12.4.